The van der Waals surface area contributed by atoms with Crippen LogP contribution in [0.2, 0.25) is 0 Å². The van der Waals surface area contributed by atoms with Gasteiger partial charge < -0.3 is 10.1 Å². The summed E-state index contributed by atoms with van der Waals surface area (Å²) in [6, 6.07) is 0. The third kappa shape index (κ3) is 1.12. The van der Waals surface area contributed by atoms with Crippen molar-refractivity contribution in [2.75, 3.05) is 0 Å². The van der Waals surface area contributed by atoms with Crippen LogP contribution in [0, 0.1) is 5.41 Å². The summed E-state index contributed by atoms with van der Waals surface area (Å²) in [5.41, 5.74) is -0.369. The van der Waals surface area contributed by atoms with Crippen LogP contribution in [0.3, 0.4) is 0 Å². The molecule has 0 aromatic carbocycles. The predicted molar refractivity (Wildman–Crippen MR) is 44.6 cm³/mol. The Morgan fingerprint density at radius 2 is 2.15 bits per heavy atom. The molecule has 1 amide bonds. The Kier molecular flexibility index (Phi) is 1.78. The molecule has 1 atom stereocenters. The Balaban J connectivity index is 2.07. The number of carbonyl (C=O) groups excluding carboxylic acids is 2. The number of amides is 1. The maximum absolute atomic E-state index is 11.3. The summed E-state index contributed by atoms with van der Waals surface area (Å²) in [4.78, 5) is 22.1. The van der Waals surface area contributed by atoms with Gasteiger partial charge in [-0.1, -0.05) is 12.8 Å². The minimum Gasteiger partial charge on any atom is -0.441 e. The van der Waals surface area contributed by atoms with Crippen LogP contribution in [0.1, 0.15) is 32.6 Å². The zero-order valence-corrected chi connectivity index (χ0v) is 7.63. The molecule has 72 valence electrons. The topological polar surface area (TPSA) is 55.4 Å². The average molecular weight is 183 g/mol. The van der Waals surface area contributed by atoms with Gasteiger partial charge in [-0.15, -0.1) is 0 Å². The van der Waals surface area contributed by atoms with E-state index in [1.54, 1.807) is 0 Å². The van der Waals surface area contributed by atoms with E-state index in [1.165, 1.54) is 6.92 Å². The summed E-state index contributed by atoms with van der Waals surface area (Å²) in [7, 11) is 0. The summed E-state index contributed by atoms with van der Waals surface area (Å²) >= 11 is 0. The lowest BCUT2D eigenvalue weighted by molar-refractivity contribution is -0.181. The lowest BCUT2D eigenvalue weighted by atomic mass is 9.77. The molecule has 0 aromatic heterocycles. The number of esters is 1. The van der Waals surface area contributed by atoms with Crippen molar-refractivity contribution < 1.29 is 14.3 Å². The monoisotopic (exact) mass is 183 g/mol. The average Bonchev–Trinajstić information content (AvgIpc) is 2.53. The van der Waals surface area contributed by atoms with Crippen molar-refractivity contribution in [1.29, 1.82) is 0 Å². The molecule has 13 heavy (non-hydrogen) atoms. The van der Waals surface area contributed by atoms with E-state index >= 15 is 0 Å². The second-order valence-electron chi connectivity index (χ2n) is 3.83. The molecule has 1 spiro atoms. The molecule has 0 bridgehead atoms. The fourth-order valence-electron chi connectivity index (χ4n) is 2.25. The summed E-state index contributed by atoms with van der Waals surface area (Å²) in [6.07, 6.45) is 3.48. The quantitative estimate of drug-likeness (QED) is 0.477. The molecule has 2 fully saturated rings. The Morgan fingerprint density at radius 1 is 1.54 bits per heavy atom. The van der Waals surface area contributed by atoms with Crippen LogP contribution < -0.4 is 5.32 Å². The van der Waals surface area contributed by atoms with Gasteiger partial charge in [0.2, 0.25) is 5.91 Å². The van der Waals surface area contributed by atoms with Gasteiger partial charge in [-0.2, -0.15) is 0 Å². The lowest BCUT2D eigenvalue weighted by Crippen LogP contribution is -2.67. The van der Waals surface area contributed by atoms with Gasteiger partial charge in [0.25, 0.3) is 0 Å². The zero-order chi connectivity index (χ0) is 9.47. The second-order valence-corrected chi connectivity index (χ2v) is 3.83. The largest absolute Gasteiger partial charge is 0.441 e. The van der Waals surface area contributed by atoms with E-state index in [2.05, 4.69) is 5.32 Å². The first kappa shape index (κ1) is 8.53. The molecule has 1 heterocycles. The van der Waals surface area contributed by atoms with Gasteiger partial charge in [0, 0.05) is 6.92 Å². The molecule has 1 aliphatic carbocycles. The van der Waals surface area contributed by atoms with E-state index in [1.807, 2.05) is 0 Å². The van der Waals surface area contributed by atoms with E-state index in [-0.39, 0.29) is 23.5 Å². The molecule has 1 saturated heterocycles. The normalized spacial score (nSPS) is 29.6. The highest BCUT2D eigenvalue weighted by molar-refractivity contribution is 5.90. The van der Waals surface area contributed by atoms with E-state index in [4.69, 9.17) is 4.74 Å². The first-order valence-corrected chi connectivity index (χ1v) is 4.63. The van der Waals surface area contributed by atoms with Gasteiger partial charge in [-0.05, 0) is 12.8 Å². The number of nitrogens with one attached hydrogen (secondary N) is 1. The molecule has 4 nitrogen and oxygen atoms in total. The first-order chi connectivity index (χ1) is 6.15. The fourth-order valence-corrected chi connectivity index (χ4v) is 2.25. The van der Waals surface area contributed by atoms with E-state index in [0.29, 0.717) is 0 Å². The number of β-lactam (4-membered cyclic amide) rings is 1. The second kappa shape index (κ2) is 2.72. The van der Waals surface area contributed by atoms with Crippen molar-refractivity contribution in [3.05, 3.63) is 0 Å². The highest BCUT2D eigenvalue weighted by Gasteiger charge is 2.58. The maximum atomic E-state index is 11.3. The molecule has 4 heteroatoms. The van der Waals surface area contributed by atoms with Crippen molar-refractivity contribution in [1.82, 2.24) is 5.32 Å². The molecule has 2 aliphatic rings. The third-order valence-corrected chi connectivity index (χ3v) is 3.00. The van der Waals surface area contributed by atoms with Gasteiger partial charge in [-0.3, -0.25) is 9.59 Å². The van der Waals surface area contributed by atoms with Crippen molar-refractivity contribution in [2.24, 2.45) is 5.41 Å². The predicted octanol–water partition coefficient (Wildman–Crippen LogP) is 0.566. The molecule has 1 aliphatic heterocycles. The minimum absolute atomic E-state index is 0.0521. The van der Waals surface area contributed by atoms with Crippen LogP contribution >= 0.6 is 0 Å². The number of hydrogen-bond acceptors (Lipinski definition) is 3. The molecular weight excluding hydrogens is 170 g/mol. The van der Waals surface area contributed by atoms with Gasteiger partial charge >= 0.3 is 5.97 Å². The summed E-state index contributed by atoms with van der Waals surface area (Å²) in [6.45, 7) is 1.37. The molecule has 0 aromatic rings. The van der Waals surface area contributed by atoms with Gasteiger partial charge in [0.1, 0.15) is 5.41 Å². The Labute approximate surface area is 76.6 Å². The van der Waals surface area contributed by atoms with Crippen LogP contribution in [0.15, 0.2) is 0 Å². The van der Waals surface area contributed by atoms with Gasteiger partial charge in [0.05, 0.1) is 0 Å². The molecular formula is C9H13NO3. The molecule has 1 unspecified atom stereocenters. The Bertz CT molecular complexity index is 256. The molecule has 1 N–H and O–H groups in total. The Hall–Kier alpha value is -1.06. The fraction of sp³-hybridized carbons (Fsp3) is 0.778. The van der Waals surface area contributed by atoms with Crippen LogP contribution in [-0.2, 0) is 14.3 Å². The van der Waals surface area contributed by atoms with E-state index < -0.39 is 0 Å². The number of ether oxygens (including phenoxy) is 1. The number of rotatable bonds is 1. The SMILES string of the molecule is CC(=O)OC1NC(=O)C12CCCC2. The van der Waals surface area contributed by atoms with E-state index in [9.17, 15) is 9.59 Å². The lowest BCUT2D eigenvalue weighted by Gasteiger charge is -2.44. The standard InChI is InChI=1S/C9H13NO3/c1-6(11)13-8-9(7(12)10-8)4-2-3-5-9/h8H,2-5H2,1H3,(H,10,12). The maximum Gasteiger partial charge on any atom is 0.304 e. The highest BCUT2D eigenvalue weighted by atomic mass is 16.6. The van der Waals surface area contributed by atoms with Crippen molar-refractivity contribution in [3.8, 4) is 0 Å². The molecule has 2 rings (SSSR count). The highest BCUT2D eigenvalue weighted by Crippen LogP contribution is 2.46. The van der Waals surface area contributed by atoms with Crippen LogP contribution in [0.4, 0.5) is 0 Å². The zero-order valence-electron chi connectivity index (χ0n) is 7.63. The van der Waals surface area contributed by atoms with Crippen LogP contribution in [-0.4, -0.2) is 18.1 Å². The molecule has 0 radical (unpaired) electrons. The van der Waals surface area contributed by atoms with E-state index in [0.717, 1.165) is 25.7 Å². The molecule has 1 saturated carbocycles. The first-order valence-electron chi connectivity index (χ1n) is 4.63. The summed E-state index contributed by atoms with van der Waals surface area (Å²) in [5.74, 6) is -0.271. The smallest absolute Gasteiger partial charge is 0.304 e. The van der Waals surface area contributed by atoms with Crippen molar-refractivity contribution in [3.63, 3.8) is 0 Å². The van der Waals surface area contributed by atoms with Crippen molar-refractivity contribution >= 4 is 11.9 Å². The summed E-state index contributed by atoms with van der Waals surface area (Å²) in [5, 5.41) is 2.62. The third-order valence-electron chi connectivity index (χ3n) is 3.00. The van der Waals surface area contributed by atoms with Crippen LogP contribution in [0.5, 0.6) is 0 Å². The van der Waals surface area contributed by atoms with Gasteiger partial charge in [-0.25, -0.2) is 0 Å². The van der Waals surface area contributed by atoms with Crippen LogP contribution in [0.25, 0.3) is 0 Å². The minimum atomic E-state index is -0.369. The van der Waals surface area contributed by atoms with Gasteiger partial charge in [0.15, 0.2) is 6.23 Å². The van der Waals surface area contributed by atoms with Crippen molar-refractivity contribution in [2.45, 2.75) is 38.8 Å². The Morgan fingerprint density at radius 3 is 2.62 bits per heavy atom. The number of carbonyl (C=O) groups is 2. The summed E-state index contributed by atoms with van der Waals surface area (Å²) < 4.78 is 5.02. The number of hydrogen-bond donors (Lipinski definition) is 1.